The number of nitro benzene ring substituents is 1. The molecular weight excluding hydrogens is 400 g/mol. The molecule has 1 aromatic heterocycles. The van der Waals surface area contributed by atoms with Crippen LogP contribution >= 0.6 is 11.3 Å². The van der Waals surface area contributed by atoms with Crippen molar-refractivity contribution in [1.82, 2.24) is 9.88 Å². The summed E-state index contributed by atoms with van der Waals surface area (Å²) >= 11 is 1.48. The summed E-state index contributed by atoms with van der Waals surface area (Å²) in [5.74, 6) is -0.278. The van der Waals surface area contributed by atoms with Crippen molar-refractivity contribution in [3.63, 3.8) is 0 Å². The number of carbonyl (C=O) groups excluding carboxylic acids is 1. The third-order valence-corrected chi connectivity index (χ3v) is 6.16. The average molecular weight is 427 g/mol. The molecule has 0 spiro atoms. The Morgan fingerprint density at radius 2 is 1.87 bits per heavy atom. The van der Waals surface area contributed by atoms with Crippen molar-refractivity contribution in [1.29, 1.82) is 0 Å². The maximum atomic E-state index is 13.4. The van der Waals surface area contributed by atoms with Gasteiger partial charge in [-0.2, -0.15) is 0 Å². The van der Waals surface area contributed by atoms with E-state index >= 15 is 0 Å². The number of likely N-dealkylation sites (N-methyl/N-ethyl adjacent to an activating group) is 1. The van der Waals surface area contributed by atoms with E-state index in [0.29, 0.717) is 18.2 Å². The average Bonchev–Trinajstić information content (AvgIpc) is 3.15. The van der Waals surface area contributed by atoms with Gasteiger partial charge in [0.15, 0.2) is 5.13 Å². The molecule has 0 atom stereocenters. The number of rotatable bonds is 8. The van der Waals surface area contributed by atoms with Gasteiger partial charge in [-0.05, 0) is 50.2 Å². The predicted octanol–water partition coefficient (Wildman–Crippen LogP) is 4.81. The standard InChI is InChI=1S/C22H26N4O3S/c1-5-24(6-2)10-11-25(21(27)17-8-7-9-18(14-17)26(28)29)22-23-20-16(4)12-15(3)13-19(20)30-22/h7-9,12-14H,5-6,10-11H2,1-4H3. The van der Waals surface area contributed by atoms with Crippen LogP contribution in [0.15, 0.2) is 36.4 Å². The Bertz CT molecular complexity index is 1080. The molecule has 0 saturated carbocycles. The zero-order valence-electron chi connectivity index (χ0n) is 17.7. The number of non-ortho nitro benzene ring substituents is 1. The molecule has 1 amide bonds. The molecule has 7 nitrogen and oxygen atoms in total. The zero-order valence-corrected chi connectivity index (χ0v) is 18.5. The predicted molar refractivity (Wildman–Crippen MR) is 122 cm³/mol. The Labute approximate surface area is 180 Å². The quantitative estimate of drug-likeness (QED) is 0.381. The van der Waals surface area contributed by atoms with Crippen molar-refractivity contribution in [2.45, 2.75) is 27.7 Å². The molecule has 0 bridgehead atoms. The van der Waals surface area contributed by atoms with Gasteiger partial charge in [0.2, 0.25) is 0 Å². The van der Waals surface area contributed by atoms with Gasteiger partial charge in [-0.25, -0.2) is 4.98 Å². The summed E-state index contributed by atoms with van der Waals surface area (Å²) in [6.07, 6.45) is 0. The Balaban J connectivity index is 2.02. The third kappa shape index (κ3) is 4.66. The largest absolute Gasteiger partial charge is 0.302 e. The molecule has 0 unspecified atom stereocenters. The zero-order chi connectivity index (χ0) is 21.8. The van der Waals surface area contributed by atoms with E-state index in [1.54, 1.807) is 17.0 Å². The van der Waals surface area contributed by atoms with Gasteiger partial charge in [-0.3, -0.25) is 19.8 Å². The number of nitro groups is 1. The second kappa shape index (κ2) is 9.32. The Kier molecular flexibility index (Phi) is 6.79. The lowest BCUT2D eigenvalue weighted by Crippen LogP contribution is -2.38. The molecule has 8 heteroatoms. The fraction of sp³-hybridized carbons (Fsp3) is 0.364. The summed E-state index contributed by atoms with van der Waals surface area (Å²) in [5, 5.41) is 11.8. The van der Waals surface area contributed by atoms with Gasteiger partial charge >= 0.3 is 0 Å². The lowest BCUT2D eigenvalue weighted by Gasteiger charge is -2.24. The lowest BCUT2D eigenvalue weighted by molar-refractivity contribution is -0.384. The monoisotopic (exact) mass is 426 g/mol. The molecule has 1 heterocycles. The lowest BCUT2D eigenvalue weighted by atomic mass is 10.1. The normalized spacial score (nSPS) is 11.2. The number of thiazole rings is 1. The van der Waals surface area contributed by atoms with E-state index in [4.69, 9.17) is 4.98 Å². The number of fused-ring (bicyclic) bond motifs is 1. The molecule has 0 aliphatic carbocycles. The first-order chi connectivity index (χ1) is 14.3. The van der Waals surface area contributed by atoms with Crippen LogP contribution in [0.4, 0.5) is 10.8 Å². The van der Waals surface area contributed by atoms with Crippen LogP contribution in [0.3, 0.4) is 0 Å². The highest BCUT2D eigenvalue weighted by Crippen LogP contribution is 2.32. The van der Waals surface area contributed by atoms with Gasteiger partial charge in [0.05, 0.1) is 15.1 Å². The maximum absolute atomic E-state index is 13.4. The summed E-state index contributed by atoms with van der Waals surface area (Å²) < 4.78 is 1.03. The number of aryl methyl sites for hydroxylation is 2. The number of hydrogen-bond donors (Lipinski definition) is 0. The molecule has 0 fully saturated rings. The van der Waals surface area contributed by atoms with E-state index in [0.717, 1.165) is 34.4 Å². The Morgan fingerprint density at radius 3 is 2.53 bits per heavy atom. The summed E-state index contributed by atoms with van der Waals surface area (Å²) in [6.45, 7) is 11.1. The molecule has 0 N–H and O–H groups in total. The first kappa shape index (κ1) is 21.9. The number of nitrogens with zero attached hydrogens (tertiary/aromatic N) is 4. The minimum atomic E-state index is -0.485. The van der Waals surface area contributed by atoms with Crippen LogP contribution in [0.1, 0.15) is 35.3 Å². The van der Waals surface area contributed by atoms with Crippen LogP contribution in [-0.4, -0.2) is 46.9 Å². The van der Waals surface area contributed by atoms with E-state index in [-0.39, 0.29) is 17.2 Å². The summed E-state index contributed by atoms with van der Waals surface area (Å²) in [5.41, 5.74) is 3.30. The minimum Gasteiger partial charge on any atom is -0.302 e. The van der Waals surface area contributed by atoms with E-state index in [2.05, 4.69) is 30.9 Å². The van der Waals surface area contributed by atoms with Gasteiger partial charge < -0.3 is 4.90 Å². The van der Waals surface area contributed by atoms with Crippen molar-refractivity contribution in [3.8, 4) is 0 Å². The van der Waals surface area contributed by atoms with E-state index in [1.807, 2.05) is 13.8 Å². The van der Waals surface area contributed by atoms with Crippen LogP contribution in [0.5, 0.6) is 0 Å². The van der Waals surface area contributed by atoms with E-state index < -0.39 is 4.92 Å². The van der Waals surface area contributed by atoms with Crippen LogP contribution < -0.4 is 4.90 Å². The minimum absolute atomic E-state index is 0.0969. The number of benzene rings is 2. The second-order valence-corrected chi connectivity index (χ2v) is 8.23. The van der Waals surface area contributed by atoms with Crippen LogP contribution in [-0.2, 0) is 0 Å². The molecule has 0 radical (unpaired) electrons. The van der Waals surface area contributed by atoms with Gasteiger partial charge in [-0.15, -0.1) is 0 Å². The van der Waals surface area contributed by atoms with Gasteiger partial charge in [0.1, 0.15) is 0 Å². The van der Waals surface area contributed by atoms with Crippen LogP contribution in [0.2, 0.25) is 0 Å². The highest BCUT2D eigenvalue weighted by atomic mass is 32.1. The van der Waals surface area contributed by atoms with Crippen molar-refractivity contribution < 1.29 is 9.72 Å². The first-order valence-corrected chi connectivity index (χ1v) is 10.8. The van der Waals surface area contributed by atoms with Crippen molar-refractivity contribution in [3.05, 3.63) is 63.2 Å². The molecule has 0 saturated heterocycles. The number of hydrogen-bond acceptors (Lipinski definition) is 6. The van der Waals surface area contributed by atoms with E-state index in [9.17, 15) is 14.9 Å². The van der Waals surface area contributed by atoms with Gasteiger partial charge in [-0.1, -0.05) is 37.3 Å². The number of aromatic nitrogens is 1. The summed E-state index contributed by atoms with van der Waals surface area (Å²) in [6, 6.07) is 10.0. The maximum Gasteiger partial charge on any atom is 0.270 e. The molecule has 0 aliphatic rings. The molecule has 30 heavy (non-hydrogen) atoms. The topological polar surface area (TPSA) is 79.6 Å². The summed E-state index contributed by atoms with van der Waals surface area (Å²) in [4.78, 5) is 32.7. The van der Waals surface area contributed by atoms with Crippen molar-refractivity contribution >= 4 is 38.3 Å². The van der Waals surface area contributed by atoms with Crippen molar-refractivity contribution in [2.75, 3.05) is 31.1 Å². The Hall–Kier alpha value is -2.84. The van der Waals surface area contributed by atoms with Gasteiger partial charge in [0.25, 0.3) is 11.6 Å². The molecule has 3 rings (SSSR count). The molecule has 158 valence electrons. The summed E-state index contributed by atoms with van der Waals surface area (Å²) in [7, 11) is 0. The number of carbonyl (C=O) groups is 1. The first-order valence-electron chi connectivity index (χ1n) is 10.0. The van der Waals surface area contributed by atoms with Crippen LogP contribution in [0.25, 0.3) is 10.2 Å². The fourth-order valence-electron chi connectivity index (χ4n) is 3.45. The molecule has 2 aromatic carbocycles. The SMILES string of the molecule is CCN(CC)CCN(C(=O)c1cccc([N+](=O)[O-])c1)c1nc2c(C)cc(C)cc2s1. The third-order valence-electron chi connectivity index (χ3n) is 5.13. The highest BCUT2D eigenvalue weighted by molar-refractivity contribution is 7.22. The molecule has 3 aromatic rings. The fourth-order valence-corrected chi connectivity index (χ4v) is 4.61. The number of anilines is 1. The highest BCUT2D eigenvalue weighted by Gasteiger charge is 2.23. The van der Waals surface area contributed by atoms with Crippen molar-refractivity contribution in [2.24, 2.45) is 0 Å². The molecular formula is C22H26N4O3S. The Morgan fingerprint density at radius 1 is 1.13 bits per heavy atom. The smallest absolute Gasteiger partial charge is 0.270 e. The van der Waals surface area contributed by atoms with Gasteiger partial charge in [0, 0.05) is 30.8 Å². The van der Waals surface area contributed by atoms with E-state index in [1.165, 1.54) is 23.5 Å². The second-order valence-electron chi connectivity index (χ2n) is 7.22. The molecule has 0 aliphatic heterocycles. The number of amides is 1. The van der Waals surface area contributed by atoms with Crippen LogP contribution in [0, 0.1) is 24.0 Å².